The number of piperidine rings is 1. The minimum Gasteiger partial charge on any atom is -0.353 e. The van der Waals surface area contributed by atoms with Crippen LogP contribution in [0, 0.1) is 13.8 Å². The van der Waals surface area contributed by atoms with Crippen LogP contribution in [0.25, 0.3) is 0 Å². The van der Waals surface area contributed by atoms with Crippen LogP contribution in [0.1, 0.15) is 34.6 Å². The lowest BCUT2D eigenvalue weighted by Gasteiger charge is -2.33. The summed E-state index contributed by atoms with van der Waals surface area (Å²) in [5.74, 6) is 0.789. The zero-order chi connectivity index (χ0) is 15.5. The second kappa shape index (κ2) is 6.13. The summed E-state index contributed by atoms with van der Waals surface area (Å²) in [7, 11) is 0. The zero-order valence-electron chi connectivity index (χ0n) is 12.8. The Morgan fingerprint density at radius 3 is 2.91 bits per heavy atom. The molecule has 0 spiro atoms. The smallest absolute Gasteiger partial charge is 0.255 e. The second-order valence-corrected chi connectivity index (χ2v) is 5.70. The summed E-state index contributed by atoms with van der Waals surface area (Å²) in [6, 6.07) is 4.05. The molecule has 1 atom stereocenters. The van der Waals surface area contributed by atoms with Crippen molar-refractivity contribution in [1.29, 1.82) is 0 Å². The summed E-state index contributed by atoms with van der Waals surface area (Å²) in [6.07, 6.45) is 3.56. The Labute approximate surface area is 129 Å². The van der Waals surface area contributed by atoms with Gasteiger partial charge in [-0.3, -0.25) is 9.89 Å². The third kappa shape index (κ3) is 3.08. The van der Waals surface area contributed by atoms with Crippen LogP contribution in [0.15, 0.2) is 18.3 Å². The number of hydrogen-bond acceptors (Lipinski definition) is 5. The van der Waals surface area contributed by atoms with Crippen molar-refractivity contribution < 1.29 is 4.79 Å². The lowest BCUT2D eigenvalue weighted by molar-refractivity contribution is 0.0932. The molecule has 7 heteroatoms. The Morgan fingerprint density at radius 2 is 2.23 bits per heavy atom. The second-order valence-electron chi connectivity index (χ2n) is 5.70. The van der Waals surface area contributed by atoms with Gasteiger partial charge in [0.05, 0.1) is 17.5 Å². The quantitative estimate of drug-likeness (QED) is 0.890. The van der Waals surface area contributed by atoms with Gasteiger partial charge in [0.1, 0.15) is 0 Å². The molecule has 2 aromatic rings. The van der Waals surface area contributed by atoms with Crippen LogP contribution in [0.4, 0.5) is 5.82 Å². The predicted molar refractivity (Wildman–Crippen MR) is 82.8 cm³/mol. The van der Waals surface area contributed by atoms with E-state index in [1.165, 1.54) is 0 Å². The number of anilines is 1. The SMILES string of the molecule is Cc1ccc(N2CCCC(NC(=O)c3cn[nH]c3C)C2)nn1. The Balaban J connectivity index is 1.64. The standard InChI is InChI=1S/C15H20N6O/c1-10-5-6-14(20-18-10)21-7-3-4-12(9-21)17-15(22)13-8-16-19-11(13)2/h5-6,8,12H,3-4,7,9H2,1-2H3,(H,16,19)(H,17,22). The molecule has 1 unspecified atom stereocenters. The van der Waals surface area contributed by atoms with Crippen molar-refractivity contribution in [2.75, 3.05) is 18.0 Å². The molecule has 3 heterocycles. The lowest BCUT2D eigenvalue weighted by Crippen LogP contribution is -2.48. The molecule has 0 radical (unpaired) electrons. The molecule has 1 saturated heterocycles. The zero-order valence-corrected chi connectivity index (χ0v) is 12.8. The minimum absolute atomic E-state index is 0.0758. The van der Waals surface area contributed by atoms with Gasteiger partial charge in [-0.05, 0) is 38.8 Å². The van der Waals surface area contributed by atoms with E-state index in [0.29, 0.717) is 5.56 Å². The summed E-state index contributed by atoms with van der Waals surface area (Å²) in [6.45, 7) is 5.45. The Morgan fingerprint density at radius 1 is 1.36 bits per heavy atom. The topological polar surface area (TPSA) is 86.8 Å². The number of carbonyl (C=O) groups is 1. The van der Waals surface area contributed by atoms with Crippen LogP contribution in [-0.2, 0) is 0 Å². The van der Waals surface area contributed by atoms with Crippen molar-refractivity contribution in [3.8, 4) is 0 Å². The van der Waals surface area contributed by atoms with Crippen molar-refractivity contribution >= 4 is 11.7 Å². The number of aromatic nitrogens is 4. The van der Waals surface area contributed by atoms with Crippen molar-refractivity contribution in [3.63, 3.8) is 0 Å². The molecule has 1 aliphatic heterocycles. The molecule has 116 valence electrons. The van der Waals surface area contributed by atoms with E-state index in [-0.39, 0.29) is 11.9 Å². The maximum Gasteiger partial charge on any atom is 0.255 e. The first-order valence-electron chi connectivity index (χ1n) is 7.49. The molecule has 0 saturated carbocycles. The van der Waals surface area contributed by atoms with Crippen molar-refractivity contribution in [3.05, 3.63) is 35.3 Å². The van der Waals surface area contributed by atoms with Gasteiger partial charge in [0, 0.05) is 24.8 Å². The normalized spacial score (nSPS) is 18.3. The number of amides is 1. The molecule has 0 bridgehead atoms. The monoisotopic (exact) mass is 300 g/mol. The average molecular weight is 300 g/mol. The fraction of sp³-hybridized carbons (Fsp3) is 0.467. The van der Waals surface area contributed by atoms with Crippen LogP contribution in [0.5, 0.6) is 0 Å². The van der Waals surface area contributed by atoms with Gasteiger partial charge in [0.25, 0.3) is 5.91 Å². The molecule has 22 heavy (non-hydrogen) atoms. The molecule has 1 aliphatic rings. The van der Waals surface area contributed by atoms with E-state index in [4.69, 9.17) is 0 Å². The fourth-order valence-electron chi connectivity index (χ4n) is 2.71. The summed E-state index contributed by atoms with van der Waals surface area (Å²) in [5.41, 5.74) is 2.29. The first-order valence-corrected chi connectivity index (χ1v) is 7.49. The maximum atomic E-state index is 12.3. The number of H-pyrrole nitrogens is 1. The van der Waals surface area contributed by atoms with E-state index >= 15 is 0 Å². The van der Waals surface area contributed by atoms with Crippen molar-refractivity contribution in [2.45, 2.75) is 32.7 Å². The van der Waals surface area contributed by atoms with Crippen molar-refractivity contribution in [1.82, 2.24) is 25.7 Å². The molecule has 1 fully saturated rings. The Bertz CT molecular complexity index is 650. The molecular weight excluding hydrogens is 280 g/mol. The fourth-order valence-corrected chi connectivity index (χ4v) is 2.71. The third-order valence-corrected chi connectivity index (χ3v) is 3.94. The maximum absolute atomic E-state index is 12.3. The summed E-state index contributed by atoms with van der Waals surface area (Å²) in [4.78, 5) is 14.4. The number of rotatable bonds is 3. The molecule has 2 N–H and O–H groups in total. The third-order valence-electron chi connectivity index (χ3n) is 3.94. The number of nitrogens with zero attached hydrogens (tertiary/aromatic N) is 4. The van der Waals surface area contributed by atoms with Crippen molar-refractivity contribution in [2.24, 2.45) is 0 Å². The molecule has 2 aromatic heterocycles. The Hall–Kier alpha value is -2.44. The average Bonchev–Trinajstić information content (AvgIpc) is 2.94. The van der Waals surface area contributed by atoms with Crippen LogP contribution in [0.2, 0.25) is 0 Å². The highest BCUT2D eigenvalue weighted by Crippen LogP contribution is 2.17. The minimum atomic E-state index is -0.0758. The van der Waals surface area contributed by atoms with E-state index in [1.807, 2.05) is 26.0 Å². The predicted octanol–water partition coefficient (Wildman–Crippen LogP) is 1.22. The van der Waals surface area contributed by atoms with E-state index < -0.39 is 0 Å². The summed E-state index contributed by atoms with van der Waals surface area (Å²) >= 11 is 0. The van der Waals surface area contributed by atoms with Crippen LogP contribution in [0.3, 0.4) is 0 Å². The van der Waals surface area contributed by atoms with Crippen LogP contribution in [-0.4, -0.2) is 45.4 Å². The van der Waals surface area contributed by atoms with E-state index in [9.17, 15) is 4.79 Å². The van der Waals surface area contributed by atoms with E-state index in [0.717, 1.165) is 43.1 Å². The van der Waals surface area contributed by atoms with Crippen LogP contribution >= 0.6 is 0 Å². The van der Waals surface area contributed by atoms with Crippen LogP contribution < -0.4 is 10.2 Å². The molecule has 7 nitrogen and oxygen atoms in total. The molecule has 0 aromatic carbocycles. The van der Waals surface area contributed by atoms with Gasteiger partial charge in [0.2, 0.25) is 0 Å². The van der Waals surface area contributed by atoms with Gasteiger partial charge in [-0.2, -0.15) is 10.2 Å². The molecular formula is C15H20N6O. The number of aromatic amines is 1. The summed E-state index contributed by atoms with van der Waals surface area (Å²) in [5, 5.41) is 18.1. The van der Waals surface area contributed by atoms with Gasteiger partial charge < -0.3 is 10.2 Å². The molecule has 3 rings (SSSR count). The number of carbonyl (C=O) groups excluding carboxylic acids is 1. The summed E-state index contributed by atoms with van der Waals surface area (Å²) < 4.78 is 0. The lowest BCUT2D eigenvalue weighted by atomic mass is 10.1. The van der Waals surface area contributed by atoms with Gasteiger partial charge in [-0.15, -0.1) is 5.10 Å². The van der Waals surface area contributed by atoms with Gasteiger partial charge >= 0.3 is 0 Å². The highest BCUT2D eigenvalue weighted by atomic mass is 16.1. The van der Waals surface area contributed by atoms with E-state index in [1.54, 1.807) is 6.20 Å². The van der Waals surface area contributed by atoms with Gasteiger partial charge in [-0.1, -0.05) is 0 Å². The van der Waals surface area contributed by atoms with Gasteiger partial charge in [0.15, 0.2) is 5.82 Å². The molecule has 0 aliphatic carbocycles. The molecule has 1 amide bonds. The largest absolute Gasteiger partial charge is 0.353 e. The number of nitrogens with one attached hydrogen (secondary N) is 2. The number of aryl methyl sites for hydroxylation is 2. The number of hydrogen-bond donors (Lipinski definition) is 2. The first kappa shape index (κ1) is 14.5. The highest BCUT2D eigenvalue weighted by Gasteiger charge is 2.23. The first-order chi connectivity index (χ1) is 10.6. The highest BCUT2D eigenvalue weighted by molar-refractivity contribution is 5.95. The Kier molecular flexibility index (Phi) is 4.04. The van der Waals surface area contributed by atoms with E-state index in [2.05, 4.69) is 30.6 Å². The van der Waals surface area contributed by atoms with Gasteiger partial charge in [-0.25, -0.2) is 0 Å².